The average Bonchev–Trinajstić information content (AvgIpc) is 3.69. The molecule has 3 heterocycles. The molecule has 13 nitrogen and oxygen atoms in total. The van der Waals surface area contributed by atoms with E-state index in [-0.39, 0.29) is 24.1 Å². The van der Waals surface area contributed by atoms with Gasteiger partial charge in [-0.1, -0.05) is 83.1 Å². The number of fused-ring (bicyclic) bond motifs is 1. The lowest BCUT2D eigenvalue weighted by Crippen LogP contribution is -2.36. The lowest BCUT2D eigenvalue weighted by Gasteiger charge is -2.31. The lowest BCUT2D eigenvalue weighted by atomic mass is 10.2. The van der Waals surface area contributed by atoms with Crippen LogP contribution in [0.15, 0.2) is 104 Å². The highest BCUT2D eigenvalue weighted by atomic mass is 33.1. The summed E-state index contributed by atoms with van der Waals surface area (Å²) in [6.07, 6.45) is 0.530. The van der Waals surface area contributed by atoms with Crippen LogP contribution in [0.3, 0.4) is 0 Å². The van der Waals surface area contributed by atoms with Crippen molar-refractivity contribution in [1.82, 2.24) is 19.5 Å². The molecule has 16 heteroatoms. The summed E-state index contributed by atoms with van der Waals surface area (Å²) >= 11 is 0. The van der Waals surface area contributed by atoms with Gasteiger partial charge in [-0.2, -0.15) is 0 Å². The Morgan fingerprint density at radius 1 is 0.959 bits per heavy atom. The Hall–Kier alpha value is -4.24. The van der Waals surface area contributed by atoms with Gasteiger partial charge in [0, 0.05) is 11.3 Å². The first-order chi connectivity index (χ1) is 23.8. The van der Waals surface area contributed by atoms with Gasteiger partial charge in [-0.25, -0.2) is 19.7 Å². The van der Waals surface area contributed by atoms with Crippen molar-refractivity contribution < 1.29 is 37.6 Å². The number of carbonyl (C=O) groups is 2. The van der Waals surface area contributed by atoms with Crippen LogP contribution in [0.4, 0.5) is 5.82 Å². The summed E-state index contributed by atoms with van der Waals surface area (Å²) in [6, 6.07) is 25.1. The zero-order valence-corrected chi connectivity index (χ0v) is 28.6. The van der Waals surface area contributed by atoms with Gasteiger partial charge >= 0.3 is 13.8 Å². The molecule has 49 heavy (non-hydrogen) atoms. The van der Waals surface area contributed by atoms with E-state index < -0.39 is 37.5 Å². The van der Waals surface area contributed by atoms with Crippen molar-refractivity contribution in [1.29, 1.82) is 0 Å². The van der Waals surface area contributed by atoms with Crippen molar-refractivity contribution in [3.05, 3.63) is 115 Å². The first-order valence-electron chi connectivity index (χ1n) is 15.3. The number of hydrogen-bond acceptors (Lipinski definition) is 13. The molecule has 5 aromatic rings. The quantitative estimate of drug-likeness (QED) is 0.0622. The minimum absolute atomic E-state index is 0.0790. The fourth-order valence-corrected chi connectivity index (χ4v) is 9.00. The molecule has 6 rings (SSSR count). The molecule has 2 aromatic heterocycles. The Kier molecular flexibility index (Phi) is 11.3. The smallest absolute Gasteiger partial charge is 0.338 e. The van der Waals surface area contributed by atoms with Crippen LogP contribution in [0, 0.1) is 0 Å². The molecule has 1 saturated heterocycles. The van der Waals surface area contributed by atoms with E-state index in [4.69, 9.17) is 18.5 Å². The van der Waals surface area contributed by atoms with E-state index in [9.17, 15) is 19.0 Å². The summed E-state index contributed by atoms with van der Waals surface area (Å²) < 4.78 is 38.1. The van der Waals surface area contributed by atoms with Gasteiger partial charge in [-0.3, -0.25) is 13.9 Å². The van der Waals surface area contributed by atoms with Crippen LogP contribution in [0.5, 0.6) is 5.75 Å². The number of rotatable bonds is 14. The molecule has 1 aliphatic heterocycles. The van der Waals surface area contributed by atoms with E-state index in [2.05, 4.69) is 20.3 Å². The number of nitrogens with one attached hydrogen (secondary N) is 1. The fourth-order valence-electron chi connectivity index (χ4n) is 5.00. The number of nitrogens with zero attached hydrogens (tertiary/aromatic N) is 4. The molecule has 0 aliphatic carbocycles. The third-order valence-corrected chi connectivity index (χ3v) is 11.2. The number of esters is 1. The summed E-state index contributed by atoms with van der Waals surface area (Å²) in [7, 11) is -2.09. The highest BCUT2D eigenvalue weighted by Crippen LogP contribution is 2.51. The third kappa shape index (κ3) is 8.50. The van der Waals surface area contributed by atoms with Crippen molar-refractivity contribution >= 4 is 58.3 Å². The van der Waals surface area contributed by atoms with Crippen molar-refractivity contribution in [2.45, 2.75) is 37.0 Å². The molecule has 1 aliphatic rings. The number of anilines is 1. The lowest BCUT2D eigenvalue weighted by molar-refractivity contribution is -0.222. The molecule has 254 valence electrons. The predicted molar refractivity (Wildman–Crippen MR) is 184 cm³/mol. The number of amides is 1. The predicted octanol–water partition coefficient (Wildman–Crippen LogP) is 5.93. The Morgan fingerprint density at radius 2 is 1.63 bits per heavy atom. The number of hydrogen-bond donors (Lipinski definition) is 1. The van der Waals surface area contributed by atoms with Gasteiger partial charge in [0.25, 0.3) is 5.91 Å². The molecule has 1 N–H and O–H groups in total. The van der Waals surface area contributed by atoms with Gasteiger partial charge in [0.1, 0.15) is 30.9 Å². The molecule has 5 atom stereocenters. The van der Waals surface area contributed by atoms with E-state index in [0.29, 0.717) is 22.3 Å². The van der Waals surface area contributed by atoms with Crippen LogP contribution in [-0.4, -0.2) is 61.2 Å². The van der Waals surface area contributed by atoms with Crippen LogP contribution in [-0.2, 0) is 18.6 Å². The molecule has 1 amide bonds. The summed E-state index contributed by atoms with van der Waals surface area (Å²) in [5.41, 5.74) is 1.37. The Bertz CT molecular complexity index is 1920. The summed E-state index contributed by atoms with van der Waals surface area (Å²) in [4.78, 5) is 52.3. The highest BCUT2D eigenvalue weighted by molar-refractivity contribution is 8.77. The topological polar surface area (TPSA) is 167 Å². The van der Waals surface area contributed by atoms with Crippen LogP contribution < -0.4 is 14.7 Å². The maximum atomic E-state index is 13.3. The minimum atomic E-state index is -4.98. The zero-order valence-electron chi connectivity index (χ0n) is 26.1. The number of carbonyl (C=O) groups excluding carboxylic acids is 2. The van der Waals surface area contributed by atoms with Gasteiger partial charge in [0.15, 0.2) is 23.2 Å². The number of benzene rings is 3. The highest BCUT2D eigenvalue weighted by Gasteiger charge is 2.50. The standard InChI is InChI=1S/C33H32N5O8PS2/c1-2-18-48-49-28-27(46-47(41,42)45-24-16-10-5-11-17-24)25(19-43-33(40)23-14-8-4-9-15-23)44-32(28)38-21-36-26-29(34-20-35-30(26)38)37-31(39)22-12-6-3-7-13-22/h3-17,20-21,25,27-28,32H,2,18-19H2,1H3,(H,41,42)(H,34,35,37,39)/p-1/t25-,27+,28?,32-/m1/s1. The largest absolute Gasteiger partial charge is 0.746 e. The molecule has 1 fully saturated rings. The summed E-state index contributed by atoms with van der Waals surface area (Å²) in [5.74, 6) is 0.0279. The Morgan fingerprint density at radius 3 is 2.33 bits per heavy atom. The number of phosphoric ester groups is 1. The number of para-hydroxylation sites is 1. The number of aromatic nitrogens is 4. The normalized spacial score (nSPS) is 20.0. The molecular weight excluding hydrogens is 689 g/mol. The first-order valence-corrected chi connectivity index (χ1v) is 19.1. The van der Waals surface area contributed by atoms with Gasteiger partial charge in [0.2, 0.25) is 0 Å². The number of imidazole rings is 1. The fraction of sp³-hybridized carbons (Fsp3) is 0.242. The second-order valence-corrected chi connectivity index (χ2v) is 14.7. The Labute approximate surface area is 289 Å². The van der Waals surface area contributed by atoms with E-state index in [1.165, 1.54) is 46.4 Å². The number of ether oxygens (including phenoxy) is 2. The van der Waals surface area contributed by atoms with Crippen LogP contribution in [0.25, 0.3) is 11.2 Å². The molecule has 3 aromatic carbocycles. The van der Waals surface area contributed by atoms with Crippen LogP contribution in [0.1, 0.15) is 40.3 Å². The molecule has 0 spiro atoms. The van der Waals surface area contributed by atoms with E-state index in [1.54, 1.807) is 77.4 Å². The molecule has 0 bridgehead atoms. The van der Waals surface area contributed by atoms with Gasteiger partial charge in [0.05, 0.1) is 17.1 Å². The summed E-state index contributed by atoms with van der Waals surface area (Å²) in [5, 5.41) is 2.10. The number of phosphoric acid groups is 1. The molecule has 0 saturated carbocycles. The van der Waals surface area contributed by atoms with Crippen LogP contribution in [0.2, 0.25) is 0 Å². The second kappa shape index (κ2) is 16.0. The molecular formula is C33H31N5O8PS2-. The van der Waals surface area contributed by atoms with E-state index >= 15 is 0 Å². The minimum Gasteiger partial charge on any atom is -0.746 e. The maximum Gasteiger partial charge on any atom is 0.338 e. The Balaban J connectivity index is 1.32. The van der Waals surface area contributed by atoms with Crippen molar-refractivity contribution in [3.63, 3.8) is 0 Å². The van der Waals surface area contributed by atoms with Gasteiger partial charge < -0.3 is 28.7 Å². The van der Waals surface area contributed by atoms with E-state index in [0.717, 1.165) is 12.2 Å². The SMILES string of the molecule is CCCSSC1[C@@H](OP(=O)([O-])Oc2ccccc2)[C@@H](COC(=O)c2ccccc2)O[C@H]1n1cnc2c(NC(=O)c3ccccc3)ncnc21. The van der Waals surface area contributed by atoms with Crippen LogP contribution >= 0.6 is 29.4 Å². The van der Waals surface area contributed by atoms with E-state index in [1.807, 2.05) is 13.0 Å². The summed E-state index contributed by atoms with van der Waals surface area (Å²) in [6.45, 7) is 1.71. The second-order valence-electron chi connectivity index (χ2n) is 10.7. The third-order valence-electron chi connectivity index (χ3n) is 7.25. The average molecular weight is 721 g/mol. The molecule has 2 unspecified atom stereocenters. The van der Waals surface area contributed by atoms with Crippen molar-refractivity contribution in [2.75, 3.05) is 17.7 Å². The maximum absolute atomic E-state index is 13.3. The van der Waals surface area contributed by atoms with Crippen molar-refractivity contribution in [3.8, 4) is 5.75 Å². The van der Waals surface area contributed by atoms with Crippen molar-refractivity contribution in [2.24, 2.45) is 0 Å². The zero-order chi connectivity index (χ0) is 34.2. The van der Waals surface area contributed by atoms with Gasteiger partial charge in [-0.05, 0) is 42.8 Å². The molecule has 0 radical (unpaired) electrons. The van der Waals surface area contributed by atoms with Gasteiger partial charge in [-0.15, -0.1) is 0 Å². The monoisotopic (exact) mass is 720 g/mol. The first kappa shape index (κ1) is 34.6.